The van der Waals surface area contributed by atoms with Crippen molar-refractivity contribution in [2.75, 3.05) is 13.7 Å². The Bertz CT molecular complexity index is 607. The van der Waals surface area contributed by atoms with E-state index >= 15 is 0 Å². The highest BCUT2D eigenvalue weighted by Crippen LogP contribution is 2.32. The van der Waals surface area contributed by atoms with Crippen LogP contribution < -0.4 is 4.74 Å². The molecule has 1 unspecified atom stereocenters. The van der Waals surface area contributed by atoms with Crippen molar-refractivity contribution in [2.24, 2.45) is 0 Å². The summed E-state index contributed by atoms with van der Waals surface area (Å²) in [6, 6.07) is 12.2. The summed E-state index contributed by atoms with van der Waals surface area (Å²) in [6.07, 6.45) is 4.49. The van der Waals surface area contributed by atoms with Gasteiger partial charge >= 0.3 is 0 Å². The Morgan fingerprint density at radius 1 is 1.18 bits per heavy atom. The molecular formula is C18H21NO2S. The van der Waals surface area contributed by atoms with Crippen molar-refractivity contribution >= 4 is 17.2 Å². The summed E-state index contributed by atoms with van der Waals surface area (Å²) in [5.41, 5.74) is 1.20. The number of methoxy groups -OCH3 is 1. The van der Waals surface area contributed by atoms with Gasteiger partial charge in [0.05, 0.1) is 18.0 Å². The summed E-state index contributed by atoms with van der Waals surface area (Å²) >= 11 is 1.52. The third kappa shape index (κ3) is 3.17. The van der Waals surface area contributed by atoms with E-state index in [9.17, 15) is 4.79 Å². The Hall–Kier alpha value is -1.81. The highest BCUT2D eigenvalue weighted by atomic mass is 32.1. The van der Waals surface area contributed by atoms with E-state index in [1.807, 2.05) is 29.6 Å². The Kier molecular flexibility index (Phi) is 4.78. The summed E-state index contributed by atoms with van der Waals surface area (Å²) in [6.45, 7) is 0.841. The van der Waals surface area contributed by atoms with Gasteiger partial charge in [0.2, 0.25) is 0 Å². The van der Waals surface area contributed by atoms with Crippen molar-refractivity contribution in [1.82, 2.24) is 4.90 Å². The monoisotopic (exact) mass is 315 g/mol. The molecule has 1 atom stereocenters. The average Bonchev–Trinajstić information content (AvgIpc) is 2.99. The molecular weight excluding hydrogens is 294 g/mol. The number of ether oxygens (including phenoxy) is 1. The molecule has 0 radical (unpaired) electrons. The molecule has 0 aliphatic carbocycles. The SMILES string of the molecule is COc1ccc(C2CCCCCN2C(=O)c2cccs2)cc1. The number of thiophene rings is 1. The number of amides is 1. The van der Waals surface area contributed by atoms with Gasteiger partial charge in [0.15, 0.2) is 0 Å². The minimum absolute atomic E-state index is 0.165. The van der Waals surface area contributed by atoms with Crippen molar-refractivity contribution in [2.45, 2.75) is 31.7 Å². The van der Waals surface area contributed by atoms with Crippen LogP contribution in [-0.4, -0.2) is 24.5 Å². The van der Waals surface area contributed by atoms with E-state index in [4.69, 9.17) is 4.74 Å². The van der Waals surface area contributed by atoms with Gasteiger partial charge in [-0.3, -0.25) is 4.79 Å². The first-order chi connectivity index (χ1) is 10.8. The van der Waals surface area contributed by atoms with Crippen LogP contribution in [0.25, 0.3) is 0 Å². The van der Waals surface area contributed by atoms with Crippen LogP contribution in [-0.2, 0) is 0 Å². The van der Waals surface area contributed by atoms with Crippen LogP contribution in [0.15, 0.2) is 41.8 Å². The number of benzene rings is 1. The maximum atomic E-state index is 12.8. The van der Waals surface area contributed by atoms with E-state index in [2.05, 4.69) is 17.0 Å². The fourth-order valence-electron chi connectivity index (χ4n) is 3.07. The first kappa shape index (κ1) is 15.1. The van der Waals surface area contributed by atoms with Crippen molar-refractivity contribution in [3.05, 3.63) is 52.2 Å². The van der Waals surface area contributed by atoms with Crippen molar-refractivity contribution < 1.29 is 9.53 Å². The van der Waals surface area contributed by atoms with Crippen LogP contribution in [0.3, 0.4) is 0 Å². The van der Waals surface area contributed by atoms with Gasteiger partial charge in [-0.05, 0) is 42.0 Å². The largest absolute Gasteiger partial charge is 0.497 e. The highest BCUT2D eigenvalue weighted by molar-refractivity contribution is 7.12. The zero-order valence-corrected chi connectivity index (χ0v) is 13.6. The quantitative estimate of drug-likeness (QED) is 0.834. The summed E-state index contributed by atoms with van der Waals surface area (Å²) < 4.78 is 5.24. The van der Waals surface area contributed by atoms with E-state index in [1.54, 1.807) is 7.11 Å². The minimum atomic E-state index is 0.165. The second-order valence-corrected chi connectivity index (χ2v) is 6.56. The molecule has 1 aliphatic rings. The van der Waals surface area contributed by atoms with E-state index in [0.717, 1.165) is 30.0 Å². The Labute approximate surface area is 135 Å². The average molecular weight is 315 g/mol. The molecule has 4 heteroatoms. The van der Waals surface area contributed by atoms with Gasteiger partial charge in [0, 0.05) is 6.54 Å². The van der Waals surface area contributed by atoms with Gasteiger partial charge in [-0.1, -0.05) is 31.0 Å². The number of likely N-dealkylation sites (tertiary alicyclic amines) is 1. The number of nitrogens with zero attached hydrogens (tertiary/aromatic N) is 1. The number of rotatable bonds is 3. The molecule has 2 heterocycles. The third-order valence-corrected chi connectivity index (χ3v) is 5.10. The lowest BCUT2D eigenvalue weighted by Crippen LogP contribution is -2.34. The molecule has 22 heavy (non-hydrogen) atoms. The smallest absolute Gasteiger partial charge is 0.264 e. The Morgan fingerprint density at radius 2 is 2.00 bits per heavy atom. The number of hydrogen-bond acceptors (Lipinski definition) is 3. The van der Waals surface area contributed by atoms with Gasteiger partial charge in [-0.2, -0.15) is 0 Å². The molecule has 0 bridgehead atoms. The molecule has 1 aliphatic heterocycles. The van der Waals surface area contributed by atoms with Gasteiger partial charge in [-0.25, -0.2) is 0 Å². The molecule has 3 rings (SSSR count). The number of hydrogen-bond donors (Lipinski definition) is 0. The molecule has 1 aromatic heterocycles. The zero-order valence-electron chi connectivity index (χ0n) is 12.8. The van der Waals surface area contributed by atoms with Gasteiger partial charge in [-0.15, -0.1) is 11.3 Å². The molecule has 1 amide bonds. The van der Waals surface area contributed by atoms with E-state index < -0.39 is 0 Å². The molecule has 3 nitrogen and oxygen atoms in total. The van der Waals surface area contributed by atoms with Crippen LogP contribution in [0.1, 0.15) is 47.0 Å². The lowest BCUT2D eigenvalue weighted by Gasteiger charge is -2.30. The van der Waals surface area contributed by atoms with E-state index in [-0.39, 0.29) is 11.9 Å². The topological polar surface area (TPSA) is 29.5 Å². The molecule has 0 saturated carbocycles. The van der Waals surface area contributed by atoms with Gasteiger partial charge < -0.3 is 9.64 Å². The fraction of sp³-hybridized carbons (Fsp3) is 0.389. The molecule has 1 saturated heterocycles. The lowest BCUT2D eigenvalue weighted by molar-refractivity contribution is 0.0686. The Balaban J connectivity index is 1.88. The van der Waals surface area contributed by atoms with Crippen molar-refractivity contribution in [3.8, 4) is 5.75 Å². The van der Waals surface area contributed by atoms with Gasteiger partial charge in [0.1, 0.15) is 5.75 Å². The van der Waals surface area contributed by atoms with Crippen LogP contribution in [0, 0.1) is 0 Å². The molecule has 1 aromatic carbocycles. The maximum absolute atomic E-state index is 12.8. The van der Waals surface area contributed by atoms with Crippen LogP contribution in [0.2, 0.25) is 0 Å². The molecule has 116 valence electrons. The predicted molar refractivity (Wildman–Crippen MR) is 89.6 cm³/mol. The van der Waals surface area contributed by atoms with Crippen LogP contribution in [0.5, 0.6) is 5.75 Å². The van der Waals surface area contributed by atoms with Gasteiger partial charge in [0.25, 0.3) is 5.91 Å². The second-order valence-electron chi connectivity index (χ2n) is 5.61. The maximum Gasteiger partial charge on any atom is 0.264 e. The summed E-state index contributed by atoms with van der Waals surface area (Å²) in [7, 11) is 1.67. The summed E-state index contributed by atoms with van der Waals surface area (Å²) in [5.74, 6) is 1.02. The summed E-state index contributed by atoms with van der Waals surface area (Å²) in [5, 5.41) is 1.97. The second kappa shape index (κ2) is 6.97. The molecule has 0 N–H and O–H groups in total. The van der Waals surface area contributed by atoms with Crippen molar-refractivity contribution in [1.29, 1.82) is 0 Å². The molecule has 0 spiro atoms. The normalized spacial score (nSPS) is 18.8. The molecule has 2 aromatic rings. The standard InChI is InChI=1S/C18H21NO2S/c1-21-15-10-8-14(9-11-15)16-6-3-2-4-12-19(16)18(20)17-7-5-13-22-17/h5,7-11,13,16H,2-4,6,12H2,1H3. The number of carbonyl (C=O) groups excluding carboxylic acids is 1. The predicted octanol–water partition coefficient (Wildman–Crippen LogP) is 4.51. The third-order valence-electron chi connectivity index (χ3n) is 4.25. The Morgan fingerprint density at radius 3 is 2.68 bits per heavy atom. The van der Waals surface area contributed by atoms with Crippen LogP contribution in [0.4, 0.5) is 0 Å². The van der Waals surface area contributed by atoms with Crippen LogP contribution >= 0.6 is 11.3 Å². The zero-order chi connectivity index (χ0) is 15.4. The van der Waals surface area contributed by atoms with E-state index in [1.165, 1.54) is 29.7 Å². The first-order valence-electron chi connectivity index (χ1n) is 7.78. The number of carbonyl (C=O) groups is 1. The minimum Gasteiger partial charge on any atom is -0.497 e. The fourth-order valence-corrected chi connectivity index (χ4v) is 3.74. The highest BCUT2D eigenvalue weighted by Gasteiger charge is 2.27. The van der Waals surface area contributed by atoms with Crippen molar-refractivity contribution in [3.63, 3.8) is 0 Å². The molecule has 1 fully saturated rings. The lowest BCUT2D eigenvalue weighted by atomic mass is 10.0. The first-order valence-corrected chi connectivity index (χ1v) is 8.66. The summed E-state index contributed by atoms with van der Waals surface area (Å²) in [4.78, 5) is 15.7. The van der Waals surface area contributed by atoms with E-state index in [0.29, 0.717) is 0 Å².